The number of nitrogens with zero attached hydrogens (tertiary/aromatic N) is 1. The topological polar surface area (TPSA) is 57.6 Å². The van der Waals surface area contributed by atoms with E-state index in [0.717, 1.165) is 44.9 Å². The van der Waals surface area contributed by atoms with Gasteiger partial charge in [0.15, 0.2) is 0 Å². The van der Waals surface area contributed by atoms with Gasteiger partial charge in [0.05, 0.1) is 11.8 Å². The SMILES string of the molecule is CN(C(=O)C1CCCCC1C(=O)O)C1CCC(C)(C)CC1. The van der Waals surface area contributed by atoms with E-state index in [2.05, 4.69) is 13.8 Å². The Hall–Kier alpha value is -1.06. The molecule has 0 bridgehead atoms. The first-order valence-electron chi connectivity index (χ1n) is 8.31. The third-order valence-electron chi connectivity index (χ3n) is 5.60. The van der Waals surface area contributed by atoms with Crippen LogP contribution in [-0.2, 0) is 9.59 Å². The van der Waals surface area contributed by atoms with E-state index in [-0.39, 0.29) is 11.8 Å². The van der Waals surface area contributed by atoms with Gasteiger partial charge in [-0.1, -0.05) is 26.7 Å². The molecule has 0 saturated heterocycles. The Balaban J connectivity index is 1.99. The summed E-state index contributed by atoms with van der Waals surface area (Å²) in [7, 11) is 1.87. The lowest BCUT2D eigenvalue weighted by Gasteiger charge is -2.40. The van der Waals surface area contributed by atoms with E-state index in [9.17, 15) is 14.7 Å². The Morgan fingerprint density at radius 2 is 1.52 bits per heavy atom. The van der Waals surface area contributed by atoms with Gasteiger partial charge in [-0.05, 0) is 43.9 Å². The zero-order chi connectivity index (χ0) is 15.6. The van der Waals surface area contributed by atoms with Gasteiger partial charge < -0.3 is 10.0 Å². The largest absolute Gasteiger partial charge is 0.481 e. The second-order valence-corrected chi connectivity index (χ2v) is 7.68. The van der Waals surface area contributed by atoms with Crippen LogP contribution in [0.2, 0.25) is 0 Å². The summed E-state index contributed by atoms with van der Waals surface area (Å²) in [5.74, 6) is -1.53. The zero-order valence-corrected chi connectivity index (χ0v) is 13.6. The van der Waals surface area contributed by atoms with Gasteiger partial charge in [-0.25, -0.2) is 0 Å². The maximum absolute atomic E-state index is 12.7. The number of hydrogen-bond acceptors (Lipinski definition) is 2. The van der Waals surface area contributed by atoms with E-state index in [1.165, 1.54) is 0 Å². The molecular formula is C17H29NO3. The Morgan fingerprint density at radius 1 is 1.00 bits per heavy atom. The van der Waals surface area contributed by atoms with Crippen molar-refractivity contribution < 1.29 is 14.7 Å². The number of carboxylic acid groups (broad SMARTS) is 1. The van der Waals surface area contributed by atoms with Gasteiger partial charge in [-0.15, -0.1) is 0 Å². The van der Waals surface area contributed by atoms with Crippen LogP contribution in [-0.4, -0.2) is 35.0 Å². The molecular weight excluding hydrogens is 266 g/mol. The molecule has 0 aromatic rings. The minimum absolute atomic E-state index is 0.0619. The normalized spacial score (nSPS) is 29.9. The number of hydrogen-bond donors (Lipinski definition) is 1. The monoisotopic (exact) mass is 295 g/mol. The molecule has 0 aromatic heterocycles. The Kier molecular flexibility index (Phi) is 4.95. The van der Waals surface area contributed by atoms with Crippen molar-refractivity contribution in [2.75, 3.05) is 7.05 Å². The van der Waals surface area contributed by atoms with Crippen LogP contribution < -0.4 is 0 Å². The molecule has 4 nitrogen and oxygen atoms in total. The highest BCUT2D eigenvalue weighted by Gasteiger charge is 2.39. The number of rotatable bonds is 3. The predicted octanol–water partition coefficient (Wildman–Crippen LogP) is 3.30. The van der Waals surface area contributed by atoms with Gasteiger partial charge in [0.2, 0.25) is 5.91 Å². The highest BCUT2D eigenvalue weighted by Crippen LogP contribution is 2.38. The molecule has 2 unspecified atom stereocenters. The number of amides is 1. The lowest BCUT2D eigenvalue weighted by Crippen LogP contribution is -2.46. The summed E-state index contributed by atoms with van der Waals surface area (Å²) in [4.78, 5) is 26.0. The van der Waals surface area contributed by atoms with E-state index >= 15 is 0 Å². The van der Waals surface area contributed by atoms with E-state index in [4.69, 9.17) is 0 Å². The van der Waals surface area contributed by atoms with Crippen LogP contribution in [0, 0.1) is 17.3 Å². The van der Waals surface area contributed by atoms with Gasteiger partial charge in [0.1, 0.15) is 0 Å². The van der Waals surface area contributed by atoms with Gasteiger partial charge in [0.25, 0.3) is 0 Å². The molecule has 2 rings (SSSR count). The van der Waals surface area contributed by atoms with Crippen molar-refractivity contribution in [1.82, 2.24) is 4.90 Å². The van der Waals surface area contributed by atoms with Crippen LogP contribution in [0.4, 0.5) is 0 Å². The quantitative estimate of drug-likeness (QED) is 0.869. The number of carbonyl (C=O) groups excluding carboxylic acids is 1. The highest BCUT2D eigenvalue weighted by molar-refractivity contribution is 5.85. The van der Waals surface area contributed by atoms with Crippen molar-refractivity contribution in [3.63, 3.8) is 0 Å². The molecule has 1 N–H and O–H groups in total. The van der Waals surface area contributed by atoms with Crippen molar-refractivity contribution in [2.24, 2.45) is 17.3 Å². The predicted molar refractivity (Wildman–Crippen MR) is 81.9 cm³/mol. The summed E-state index contributed by atoms with van der Waals surface area (Å²) >= 11 is 0. The summed E-state index contributed by atoms with van der Waals surface area (Å²) in [6.45, 7) is 4.57. The van der Waals surface area contributed by atoms with Gasteiger partial charge >= 0.3 is 5.97 Å². The molecule has 21 heavy (non-hydrogen) atoms. The van der Waals surface area contributed by atoms with Crippen LogP contribution in [0.5, 0.6) is 0 Å². The van der Waals surface area contributed by atoms with Crippen LogP contribution in [0.3, 0.4) is 0 Å². The van der Waals surface area contributed by atoms with Crippen LogP contribution in [0.25, 0.3) is 0 Å². The molecule has 2 saturated carbocycles. The van der Waals surface area contributed by atoms with Crippen molar-refractivity contribution in [2.45, 2.75) is 71.3 Å². The summed E-state index contributed by atoms with van der Waals surface area (Å²) in [5.41, 5.74) is 0.384. The fourth-order valence-corrected chi connectivity index (χ4v) is 3.93. The maximum Gasteiger partial charge on any atom is 0.307 e. The molecule has 0 aromatic carbocycles. The third kappa shape index (κ3) is 3.78. The number of carboxylic acids is 1. The average Bonchev–Trinajstić information content (AvgIpc) is 2.45. The number of aliphatic carboxylic acids is 1. The van der Waals surface area contributed by atoms with Crippen molar-refractivity contribution in [3.05, 3.63) is 0 Å². The molecule has 2 aliphatic rings. The van der Waals surface area contributed by atoms with Gasteiger partial charge in [-0.3, -0.25) is 9.59 Å². The summed E-state index contributed by atoms with van der Waals surface area (Å²) in [6, 6.07) is 0.293. The van der Waals surface area contributed by atoms with Crippen LogP contribution in [0.15, 0.2) is 0 Å². The molecule has 4 heteroatoms. The summed E-state index contributed by atoms with van der Waals surface area (Å²) in [5, 5.41) is 9.35. The molecule has 2 atom stereocenters. The Morgan fingerprint density at radius 3 is 2.05 bits per heavy atom. The fourth-order valence-electron chi connectivity index (χ4n) is 3.93. The van der Waals surface area contributed by atoms with Crippen LogP contribution in [0.1, 0.15) is 65.2 Å². The summed E-state index contributed by atoms with van der Waals surface area (Å²) < 4.78 is 0. The van der Waals surface area contributed by atoms with E-state index in [1.54, 1.807) is 0 Å². The molecule has 0 spiro atoms. The van der Waals surface area contributed by atoms with E-state index in [1.807, 2.05) is 11.9 Å². The molecule has 0 heterocycles. The Bertz CT molecular complexity index is 395. The molecule has 1 amide bonds. The van der Waals surface area contributed by atoms with Crippen molar-refractivity contribution in [1.29, 1.82) is 0 Å². The maximum atomic E-state index is 12.7. The standard InChI is InChI=1S/C17H29NO3/c1-17(2)10-8-12(9-11-17)18(3)15(19)13-6-4-5-7-14(13)16(20)21/h12-14H,4-11H2,1-3H3,(H,20,21). The Labute approximate surface area is 127 Å². The molecule has 0 radical (unpaired) electrons. The smallest absolute Gasteiger partial charge is 0.307 e. The van der Waals surface area contributed by atoms with Crippen molar-refractivity contribution in [3.8, 4) is 0 Å². The summed E-state index contributed by atoms with van der Waals surface area (Å²) in [6.07, 6.45) is 7.66. The third-order valence-corrected chi connectivity index (χ3v) is 5.60. The average molecular weight is 295 g/mol. The second-order valence-electron chi connectivity index (χ2n) is 7.68. The first kappa shape index (κ1) is 16.3. The molecule has 120 valence electrons. The van der Waals surface area contributed by atoms with Gasteiger partial charge in [-0.2, -0.15) is 0 Å². The van der Waals surface area contributed by atoms with Crippen LogP contribution >= 0.6 is 0 Å². The van der Waals surface area contributed by atoms with E-state index in [0.29, 0.717) is 17.9 Å². The molecule has 2 aliphatic carbocycles. The highest BCUT2D eigenvalue weighted by atomic mass is 16.4. The minimum Gasteiger partial charge on any atom is -0.481 e. The van der Waals surface area contributed by atoms with Gasteiger partial charge in [0, 0.05) is 13.1 Å². The molecule has 0 aliphatic heterocycles. The zero-order valence-electron chi connectivity index (χ0n) is 13.6. The van der Waals surface area contributed by atoms with Crippen molar-refractivity contribution >= 4 is 11.9 Å². The molecule has 2 fully saturated rings. The first-order valence-corrected chi connectivity index (χ1v) is 8.31. The lowest BCUT2D eigenvalue weighted by molar-refractivity contribution is -0.153. The lowest BCUT2D eigenvalue weighted by atomic mass is 9.74. The second kappa shape index (κ2) is 6.37. The number of carbonyl (C=O) groups is 2. The fraction of sp³-hybridized carbons (Fsp3) is 0.882. The first-order chi connectivity index (χ1) is 9.82. The minimum atomic E-state index is -0.800. The van der Waals surface area contributed by atoms with E-state index < -0.39 is 11.9 Å².